The maximum absolute atomic E-state index is 12.7. The van der Waals surface area contributed by atoms with Crippen LogP contribution >= 0.6 is 0 Å². The van der Waals surface area contributed by atoms with E-state index in [1.807, 2.05) is 18.2 Å². The van der Waals surface area contributed by atoms with Gasteiger partial charge in [0.2, 0.25) is 0 Å². The molecule has 0 aliphatic carbocycles. The summed E-state index contributed by atoms with van der Waals surface area (Å²) in [6.45, 7) is 4.27. The van der Waals surface area contributed by atoms with Gasteiger partial charge in [-0.1, -0.05) is 0 Å². The van der Waals surface area contributed by atoms with E-state index in [2.05, 4.69) is 38.8 Å². The molecule has 0 bridgehead atoms. The Balaban J connectivity index is 1.32. The molecule has 3 aromatic rings. The zero-order chi connectivity index (χ0) is 18.6. The molecule has 1 aromatic heterocycles. The molecule has 1 saturated heterocycles. The average Bonchev–Trinajstić information content (AvgIpc) is 3.03. The van der Waals surface area contributed by atoms with Gasteiger partial charge in [-0.2, -0.15) is 0 Å². The molecule has 0 unspecified atom stereocenters. The molecule has 0 radical (unpaired) electrons. The number of ether oxygens (including phenoxy) is 1. The van der Waals surface area contributed by atoms with Gasteiger partial charge >= 0.3 is 166 Å². The number of piperidine rings is 1. The molecule has 0 atom stereocenters. The van der Waals surface area contributed by atoms with Gasteiger partial charge in [0.25, 0.3) is 0 Å². The van der Waals surface area contributed by atoms with Gasteiger partial charge in [0.05, 0.1) is 0 Å². The first-order chi connectivity index (χ1) is 13.2. The summed E-state index contributed by atoms with van der Waals surface area (Å²) in [5.74, 6) is 1.50. The van der Waals surface area contributed by atoms with Gasteiger partial charge < -0.3 is 0 Å². The first kappa shape index (κ1) is 18.5. The van der Waals surface area contributed by atoms with E-state index in [9.17, 15) is 4.79 Å². The second kappa shape index (κ2) is 8.47. The summed E-state index contributed by atoms with van der Waals surface area (Å²) in [5.41, 5.74) is 1.58. The number of benzene rings is 2. The van der Waals surface area contributed by atoms with Crippen molar-refractivity contribution >= 4 is 24.4 Å². The van der Waals surface area contributed by atoms with Crippen LogP contribution in [-0.4, -0.2) is 43.4 Å². The van der Waals surface area contributed by atoms with Crippen molar-refractivity contribution in [2.75, 3.05) is 20.2 Å². The summed E-state index contributed by atoms with van der Waals surface area (Å²) in [4.78, 5) is 15.2. The number of likely N-dealkylation sites (tertiary alicyclic amines) is 1. The summed E-state index contributed by atoms with van der Waals surface area (Å²) in [6, 6.07) is 16.6. The first-order valence-corrected chi connectivity index (χ1v) is 11.3. The van der Waals surface area contributed by atoms with Crippen molar-refractivity contribution in [3.63, 3.8) is 0 Å². The molecule has 1 fully saturated rings. The molecule has 1 aliphatic rings. The van der Waals surface area contributed by atoms with Crippen LogP contribution in [0.5, 0.6) is 5.75 Å². The minimum absolute atomic E-state index is 0.118. The number of aryl methyl sites for hydroxylation is 1. The van der Waals surface area contributed by atoms with Crippen molar-refractivity contribution in [1.82, 2.24) is 8.46 Å². The third kappa shape index (κ3) is 4.37. The number of rotatable bonds is 6. The zero-order valence-corrected chi connectivity index (χ0v) is 17.5. The molecule has 4 nitrogen and oxygen atoms in total. The van der Waals surface area contributed by atoms with Crippen LogP contribution in [0.3, 0.4) is 0 Å². The van der Waals surface area contributed by atoms with Gasteiger partial charge in [-0.25, -0.2) is 0 Å². The van der Waals surface area contributed by atoms with Gasteiger partial charge in [-0.05, 0) is 0 Å². The predicted molar refractivity (Wildman–Crippen MR) is 111 cm³/mol. The van der Waals surface area contributed by atoms with Crippen LogP contribution in [-0.2, 0) is 13.1 Å². The number of nitrogens with zero attached hydrogens (tertiary/aromatic N) is 2. The van der Waals surface area contributed by atoms with E-state index in [0.717, 1.165) is 49.7 Å². The molecule has 142 valence electrons. The molecule has 4 rings (SSSR count). The summed E-state index contributed by atoms with van der Waals surface area (Å²) in [5, 5.41) is 0.840. The number of aromatic nitrogens is 1. The van der Waals surface area contributed by atoms with Crippen LogP contribution in [0.4, 0.5) is 0 Å². The first-order valence-electron chi connectivity index (χ1n) is 9.67. The molecule has 5 heteroatoms. The van der Waals surface area contributed by atoms with E-state index in [-0.39, 0.29) is 20.3 Å². The normalized spacial score (nSPS) is 16.0. The van der Waals surface area contributed by atoms with Crippen LogP contribution in [0.2, 0.25) is 0 Å². The molecule has 2 heterocycles. The molecule has 0 N–H and O–H groups in total. The van der Waals surface area contributed by atoms with Crippen molar-refractivity contribution in [2.45, 2.75) is 32.4 Å². The topological polar surface area (TPSA) is 34.5 Å². The fourth-order valence-corrected chi connectivity index (χ4v) is 5.97. The zero-order valence-electron chi connectivity index (χ0n) is 15.8. The van der Waals surface area contributed by atoms with E-state index >= 15 is 0 Å². The van der Waals surface area contributed by atoms with Crippen LogP contribution in [0.15, 0.2) is 53.3 Å². The fraction of sp³-hybridized carbons (Fsp3) is 0.409. The summed E-state index contributed by atoms with van der Waals surface area (Å²) in [6.07, 6.45) is 3.60. The standard InChI is InChI=1S/C22H26N2O2Se/c1-26-19-7-8-21-20(15-19)22(25)24(27-21)14-11-17-9-12-23(13-10-17)16-18-5-3-2-4-6-18/h2-8,15,17H,9-14,16H2,1H3. The van der Waals surface area contributed by atoms with Crippen molar-refractivity contribution in [2.24, 2.45) is 5.92 Å². The monoisotopic (exact) mass is 430 g/mol. The van der Waals surface area contributed by atoms with Gasteiger partial charge in [-0.3, -0.25) is 0 Å². The van der Waals surface area contributed by atoms with E-state index in [1.54, 1.807) is 7.11 Å². The van der Waals surface area contributed by atoms with Crippen molar-refractivity contribution in [3.8, 4) is 5.75 Å². The van der Waals surface area contributed by atoms with E-state index in [1.165, 1.54) is 22.7 Å². The summed E-state index contributed by atoms with van der Waals surface area (Å²) in [7, 11) is 1.65. The summed E-state index contributed by atoms with van der Waals surface area (Å²) >= 11 is 0.118. The van der Waals surface area contributed by atoms with Crippen LogP contribution in [0.25, 0.3) is 9.65 Å². The minimum atomic E-state index is 0.118. The van der Waals surface area contributed by atoms with Crippen LogP contribution < -0.4 is 10.3 Å². The quantitative estimate of drug-likeness (QED) is 0.564. The van der Waals surface area contributed by atoms with Crippen molar-refractivity contribution in [3.05, 3.63) is 64.4 Å². The third-order valence-electron chi connectivity index (χ3n) is 5.55. The van der Waals surface area contributed by atoms with Crippen molar-refractivity contribution < 1.29 is 4.74 Å². The number of hydrogen-bond donors (Lipinski definition) is 0. The van der Waals surface area contributed by atoms with Gasteiger partial charge in [0, 0.05) is 0 Å². The second-order valence-corrected chi connectivity index (χ2v) is 9.59. The molecule has 27 heavy (non-hydrogen) atoms. The molecule has 2 aromatic carbocycles. The number of hydrogen-bond acceptors (Lipinski definition) is 3. The third-order valence-corrected chi connectivity index (χ3v) is 7.90. The maximum atomic E-state index is 12.7. The van der Waals surface area contributed by atoms with Crippen LogP contribution in [0.1, 0.15) is 24.8 Å². The van der Waals surface area contributed by atoms with E-state index in [0.29, 0.717) is 0 Å². The number of methoxy groups -OCH3 is 1. The molecular formula is C22H26N2O2Se. The molecule has 0 spiro atoms. The van der Waals surface area contributed by atoms with Gasteiger partial charge in [0.1, 0.15) is 0 Å². The Morgan fingerprint density at radius 2 is 1.89 bits per heavy atom. The van der Waals surface area contributed by atoms with Gasteiger partial charge in [-0.15, -0.1) is 0 Å². The Morgan fingerprint density at radius 1 is 1.11 bits per heavy atom. The number of fused-ring (bicyclic) bond motifs is 1. The van der Waals surface area contributed by atoms with Gasteiger partial charge in [0.15, 0.2) is 0 Å². The molecule has 0 saturated carbocycles. The molecule has 1 aliphatic heterocycles. The molecule has 0 amide bonds. The van der Waals surface area contributed by atoms with Crippen molar-refractivity contribution in [1.29, 1.82) is 0 Å². The Kier molecular flexibility index (Phi) is 5.82. The van der Waals surface area contributed by atoms with E-state index < -0.39 is 0 Å². The predicted octanol–water partition coefficient (Wildman–Crippen LogP) is 3.37. The fourth-order valence-electron chi connectivity index (χ4n) is 3.90. The second-order valence-electron chi connectivity index (χ2n) is 7.35. The average molecular weight is 429 g/mol. The Bertz CT molecular complexity index is 940. The SMILES string of the molecule is COc1ccc2[se]n(CCC3CCN(Cc4ccccc4)CC3)c(=O)c2c1. The Hall–Kier alpha value is -1.81. The Morgan fingerprint density at radius 3 is 2.63 bits per heavy atom. The van der Waals surface area contributed by atoms with Crippen LogP contribution in [0, 0.1) is 5.92 Å². The Labute approximate surface area is 166 Å². The molecular weight excluding hydrogens is 403 g/mol. The van der Waals surface area contributed by atoms with E-state index in [4.69, 9.17) is 4.74 Å². The summed E-state index contributed by atoms with van der Waals surface area (Å²) < 4.78 is 8.51.